The Balaban J connectivity index is 1.78. The molecule has 0 bridgehead atoms. The smallest absolute Gasteiger partial charge is 0.223 e. The predicted molar refractivity (Wildman–Crippen MR) is 96.6 cm³/mol. The second-order valence-electron chi connectivity index (χ2n) is 5.93. The number of halogens is 1. The highest BCUT2D eigenvalue weighted by atomic mass is 19.1. The molecular weight excluding hydrogens is 305 g/mol. The summed E-state index contributed by atoms with van der Waals surface area (Å²) in [4.78, 5) is 18.6. The van der Waals surface area contributed by atoms with Crippen LogP contribution in [0, 0.1) is 5.82 Å². The van der Waals surface area contributed by atoms with E-state index in [1.54, 1.807) is 12.1 Å². The van der Waals surface area contributed by atoms with Gasteiger partial charge in [-0.1, -0.05) is 12.2 Å². The number of rotatable bonds is 8. The molecule has 2 rings (SSSR count). The van der Waals surface area contributed by atoms with Crippen LogP contribution in [0.15, 0.2) is 49.6 Å². The molecule has 1 aromatic carbocycles. The van der Waals surface area contributed by atoms with Crippen LogP contribution < -0.4 is 4.90 Å². The standard InChI is InChI=1S/C19H26FN3O/c1-3-10-21(11-4-2)12-9-19(24)23-15-13-22(14-16-23)18-7-5-17(20)6-8-18/h3-8H,1-2,9-16H2. The van der Waals surface area contributed by atoms with Crippen LogP contribution in [-0.2, 0) is 4.79 Å². The Hall–Kier alpha value is -2.14. The molecule has 0 saturated carbocycles. The largest absolute Gasteiger partial charge is 0.368 e. The van der Waals surface area contributed by atoms with Crippen LogP contribution in [0.4, 0.5) is 10.1 Å². The first-order chi connectivity index (χ1) is 11.6. The van der Waals surface area contributed by atoms with Gasteiger partial charge in [0.15, 0.2) is 0 Å². The van der Waals surface area contributed by atoms with Gasteiger partial charge in [-0.3, -0.25) is 9.69 Å². The Labute approximate surface area is 143 Å². The van der Waals surface area contributed by atoms with E-state index in [2.05, 4.69) is 23.0 Å². The van der Waals surface area contributed by atoms with Crippen LogP contribution in [0.5, 0.6) is 0 Å². The molecule has 1 aliphatic rings. The summed E-state index contributed by atoms with van der Waals surface area (Å²) >= 11 is 0. The minimum Gasteiger partial charge on any atom is -0.368 e. The van der Waals surface area contributed by atoms with Crippen molar-refractivity contribution in [1.82, 2.24) is 9.80 Å². The fraction of sp³-hybridized carbons (Fsp3) is 0.421. The third kappa shape index (κ3) is 5.20. The monoisotopic (exact) mass is 331 g/mol. The van der Waals surface area contributed by atoms with Gasteiger partial charge in [-0.2, -0.15) is 0 Å². The number of hydrogen-bond acceptors (Lipinski definition) is 3. The van der Waals surface area contributed by atoms with Crippen molar-refractivity contribution in [2.75, 3.05) is 50.7 Å². The lowest BCUT2D eigenvalue weighted by Gasteiger charge is -2.36. The summed E-state index contributed by atoms with van der Waals surface area (Å²) in [5.41, 5.74) is 1.01. The van der Waals surface area contributed by atoms with E-state index in [1.165, 1.54) is 12.1 Å². The zero-order valence-electron chi connectivity index (χ0n) is 14.2. The Morgan fingerprint density at radius 2 is 1.67 bits per heavy atom. The average molecular weight is 331 g/mol. The molecule has 0 spiro atoms. The van der Waals surface area contributed by atoms with Gasteiger partial charge in [0.1, 0.15) is 5.82 Å². The molecule has 0 aromatic heterocycles. The molecule has 1 heterocycles. The molecule has 1 amide bonds. The van der Waals surface area contributed by atoms with Gasteiger partial charge >= 0.3 is 0 Å². The van der Waals surface area contributed by atoms with E-state index in [4.69, 9.17) is 0 Å². The number of carbonyl (C=O) groups excluding carboxylic acids is 1. The molecule has 1 saturated heterocycles. The first-order valence-electron chi connectivity index (χ1n) is 8.36. The van der Waals surface area contributed by atoms with E-state index < -0.39 is 0 Å². The summed E-state index contributed by atoms with van der Waals surface area (Å²) in [7, 11) is 0. The predicted octanol–water partition coefficient (Wildman–Crippen LogP) is 2.54. The van der Waals surface area contributed by atoms with Crippen LogP contribution in [0.25, 0.3) is 0 Å². The van der Waals surface area contributed by atoms with Crippen molar-refractivity contribution in [3.63, 3.8) is 0 Å². The van der Waals surface area contributed by atoms with E-state index in [1.807, 2.05) is 17.1 Å². The van der Waals surface area contributed by atoms with Crippen molar-refractivity contribution in [3.05, 3.63) is 55.4 Å². The molecule has 0 unspecified atom stereocenters. The van der Waals surface area contributed by atoms with Crippen molar-refractivity contribution in [2.45, 2.75) is 6.42 Å². The summed E-state index contributed by atoms with van der Waals surface area (Å²) in [6.07, 6.45) is 4.20. The number of amides is 1. The number of benzene rings is 1. The normalized spacial score (nSPS) is 14.8. The zero-order valence-corrected chi connectivity index (χ0v) is 14.2. The first kappa shape index (κ1) is 18.2. The first-order valence-corrected chi connectivity index (χ1v) is 8.36. The highest BCUT2D eigenvalue weighted by molar-refractivity contribution is 5.76. The molecular formula is C19H26FN3O. The van der Waals surface area contributed by atoms with Crippen LogP contribution >= 0.6 is 0 Å². The maximum Gasteiger partial charge on any atom is 0.223 e. The second kappa shape index (κ2) is 9.23. The fourth-order valence-corrected chi connectivity index (χ4v) is 2.90. The van der Waals surface area contributed by atoms with Crippen LogP contribution in [0.3, 0.4) is 0 Å². The van der Waals surface area contributed by atoms with E-state index in [-0.39, 0.29) is 11.7 Å². The summed E-state index contributed by atoms with van der Waals surface area (Å²) in [5.74, 6) is -0.0388. The van der Waals surface area contributed by atoms with Crippen LogP contribution in [0.1, 0.15) is 6.42 Å². The molecule has 24 heavy (non-hydrogen) atoms. The zero-order chi connectivity index (χ0) is 17.4. The Kier molecular flexibility index (Phi) is 7.00. The third-order valence-electron chi connectivity index (χ3n) is 4.24. The molecule has 5 heteroatoms. The number of anilines is 1. The molecule has 0 atom stereocenters. The number of nitrogens with zero attached hydrogens (tertiary/aromatic N) is 3. The summed E-state index contributed by atoms with van der Waals surface area (Å²) in [6.45, 7) is 12.7. The molecule has 0 aliphatic carbocycles. The number of hydrogen-bond donors (Lipinski definition) is 0. The van der Waals surface area contributed by atoms with Crippen LogP contribution in [-0.4, -0.2) is 61.5 Å². The van der Waals surface area contributed by atoms with E-state index in [0.29, 0.717) is 19.5 Å². The van der Waals surface area contributed by atoms with E-state index in [9.17, 15) is 9.18 Å². The highest BCUT2D eigenvalue weighted by Crippen LogP contribution is 2.17. The van der Waals surface area contributed by atoms with E-state index >= 15 is 0 Å². The minimum absolute atomic E-state index is 0.187. The average Bonchev–Trinajstić information content (AvgIpc) is 2.60. The Morgan fingerprint density at radius 1 is 1.08 bits per heavy atom. The minimum atomic E-state index is -0.226. The van der Waals surface area contributed by atoms with Crippen molar-refractivity contribution < 1.29 is 9.18 Å². The van der Waals surface area contributed by atoms with Crippen molar-refractivity contribution >= 4 is 11.6 Å². The second-order valence-corrected chi connectivity index (χ2v) is 5.93. The lowest BCUT2D eigenvalue weighted by atomic mass is 10.2. The number of carbonyl (C=O) groups is 1. The van der Waals surface area contributed by atoms with Crippen molar-refractivity contribution in [3.8, 4) is 0 Å². The number of piperazine rings is 1. The van der Waals surface area contributed by atoms with Gasteiger partial charge in [0.25, 0.3) is 0 Å². The molecule has 1 aliphatic heterocycles. The van der Waals surface area contributed by atoms with Gasteiger partial charge in [-0.15, -0.1) is 13.2 Å². The summed E-state index contributed by atoms with van der Waals surface area (Å²) in [5, 5.41) is 0. The Bertz CT molecular complexity index is 540. The molecule has 4 nitrogen and oxygen atoms in total. The third-order valence-corrected chi connectivity index (χ3v) is 4.24. The lowest BCUT2D eigenvalue weighted by Crippen LogP contribution is -2.49. The van der Waals surface area contributed by atoms with Gasteiger partial charge in [0.2, 0.25) is 5.91 Å². The fourth-order valence-electron chi connectivity index (χ4n) is 2.90. The van der Waals surface area contributed by atoms with Crippen molar-refractivity contribution in [1.29, 1.82) is 0 Å². The Morgan fingerprint density at radius 3 is 2.21 bits per heavy atom. The highest BCUT2D eigenvalue weighted by Gasteiger charge is 2.21. The lowest BCUT2D eigenvalue weighted by molar-refractivity contribution is -0.131. The molecule has 1 aromatic rings. The SMILES string of the molecule is C=CCN(CC=C)CCC(=O)N1CCN(c2ccc(F)cc2)CC1. The summed E-state index contributed by atoms with van der Waals surface area (Å²) in [6, 6.07) is 6.52. The topological polar surface area (TPSA) is 26.8 Å². The van der Waals surface area contributed by atoms with Crippen molar-refractivity contribution in [2.24, 2.45) is 0 Å². The summed E-state index contributed by atoms with van der Waals surface area (Å²) < 4.78 is 13.0. The molecule has 130 valence electrons. The molecule has 0 N–H and O–H groups in total. The molecule has 1 fully saturated rings. The van der Waals surface area contributed by atoms with E-state index in [0.717, 1.165) is 38.4 Å². The van der Waals surface area contributed by atoms with Gasteiger partial charge in [-0.05, 0) is 24.3 Å². The van der Waals surface area contributed by atoms with Gasteiger partial charge < -0.3 is 9.80 Å². The maximum absolute atomic E-state index is 13.0. The molecule has 0 radical (unpaired) electrons. The van der Waals surface area contributed by atoms with Gasteiger partial charge in [0, 0.05) is 57.9 Å². The maximum atomic E-state index is 13.0. The van der Waals surface area contributed by atoms with Gasteiger partial charge in [0.05, 0.1) is 0 Å². The van der Waals surface area contributed by atoms with Gasteiger partial charge in [-0.25, -0.2) is 4.39 Å². The quantitative estimate of drug-likeness (QED) is 0.685. The van der Waals surface area contributed by atoms with Crippen LogP contribution in [0.2, 0.25) is 0 Å².